The fourth-order valence-corrected chi connectivity index (χ4v) is 3.85. The maximum Gasteiger partial charge on any atom is 0.410 e. The first kappa shape index (κ1) is 23.4. The summed E-state index contributed by atoms with van der Waals surface area (Å²) < 4.78 is 17.7. The third-order valence-corrected chi connectivity index (χ3v) is 5.45. The SMILES string of the molecule is CC(C)(C)OC(=O)N1CCC(NC(=O)OC(C)(C)Cc2nc3cccc(Br)c3o2)CC1. The number of nitrogens with one attached hydrogen (secondary N) is 1. The molecule has 0 atom stereocenters. The van der Waals surface area contributed by atoms with Crippen molar-refractivity contribution in [2.45, 2.75) is 71.1 Å². The van der Waals surface area contributed by atoms with Crippen LogP contribution in [0.2, 0.25) is 0 Å². The highest BCUT2D eigenvalue weighted by Gasteiger charge is 2.30. The van der Waals surface area contributed by atoms with Gasteiger partial charge in [0.25, 0.3) is 0 Å². The van der Waals surface area contributed by atoms with Gasteiger partial charge in [0, 0.05) is 19.1 Å². The van der Waals surface area contributed by atoms with Crippen LogP contribution in [0.5, 0.6) is 0 Å². The van der Waals surface area contributed by atoms with Crippen LogP contribution in [0.4, 0.5) is 9.59 Å². The number of hydrogen-bond acceptors (Lipinski definition) is 6. The molecule has 1 aliphatic heterocycles. The summed E-state index contributed by atoms with van der Waals surface area (Å²) in [5.41, 5.74) is 0.108. The van der Waals surface area contributed by atoms with Crippen LogP contribution in [0.25, 0.3) is 11.1 Å². The van der Waals surface area contributed by atoms with Gasteiger partial charge in [-0.1, -0.05) is 6.07 Å². The fourth-order valence-electron chi connectivity index (χ4n) is 3.42. The maximum absolute atomic E-state index is 12.4. The Morgan fingerprint density at radius 3 is 2.48 bits per heavy atom. The fraction of sp³-hybridized carbons (Fsp3) is 0.591. The smallest absolute Gasteiger partial charge is 0.410 e. The van der Waals surface area contributed by atoms with Gasteiger partial charge in [-0.25, -0.2) is 14.6 Å². The van der Waals surface area contributed by atoms with Gasteiger partial charge in [-0.15, -0.1) is 0 Å². The Hall–Kier alpha value is -2.29. The van der Waals surface area contributed by atoms with E-state index in [-0.39, 0.29) is 12.1 Å². The van der Waals surface area contributed by atoms with Crippen LogP contribution in [0, 0.1) is 0 Å². The number of alkyl carbamates (subject to hydrolysis) is 1. The van der Waals surface area contributed by atoms with E-state index in [1.54, 1.807) is 4.90 Å². The number of hydrogen-bond donors (Lipinski definition) is 1. The summed E-state index contributed by atoms with van der Waals surface area (Å²) >= 11 is 3.45. The summed E-state index contributed by atoms with van der Waals surface area (Å²) in [5, 5.41) is 2.91. The van der Waals surface area contributed by atoms with Gasteiger partial charge < -0.3 is 24.1 Å². The molecule has 1 saturated heterocycles. The number of amides is 2. The van der Waals surface area contributed by atoms with Crippen LogP contribution in [0.1, 0.15) is 53.4 Å². The number of fused-ring (bicyclic) bond motifs is 1. The second kappa shape index (κ2) is 9.06. The number of piperidine rings is 1. The van der Waals surface area contributed by atoms with Crippen molar-refractivity contribution in [2.24, 2.45) is 0 Å². The lowest BCUT2D eigenvalue weighted by Crippen LogP contribution is -2.49. The van der Waals surface area contributed by atoms with Crippen molar-refractivity contribution in [3.05, 3.63) is 28.6 Å². The summed E-state index contributed by atoms with van der Waals surface area (Å²) in [6, 6.07) is 5.60. The lowest BCUT2D eigenvalue weighted by atomic mass is 10.0. The Morgan fingerprint density at radius 2 is 1.87 bits per heavy atom. The number of benzene rings is 1. The molecule has 9 heteroatoms. The van der Waals surface area contributed by atoms with Crippen molar-refractivity contribution in [3.8, 4) is 0 Å². The topological polar surface area (TPSA) is 93.9 Å². The van der Waals surface area contributed by atoms with Gasteiger partial charge in [-0.3, -0.25) is 0 Å². The van der Waals surface area contributed by atoms with Crippen molar-refractivity contribution < 1.29 is 23.5 Å². The van der Waals surface area contributed by atoms with E-state index in [0.717, 1.165) is 9.99 Å². The molecule has 1 aromatic carbocycles. The number of halogens is 1. The minimum atomic E-state index is -0.797. The average Bonchev–Trinajstić information content (AvgIpc) is 3.03. The third kappa shape index (κ3) is 6.59. The Kier molecular flexibility index (Phi) is 6.83. The zero-order valence-electron chi connectivity index (χ0n) is 18.7. The Labute approximate surface area is 190 Å². The molecule has 0 bridgehead atoms. The van der Waals surface area contributed by atoms with Crippen molar-refractivity contribution >= 4 is 39.2 Å². The molecule has 31 heavy (non-hydrogen) atoms. The zero-order valence-corrected chi connectivity index (χ0v) is 20.2. The maximum atomic E-state index is 12.4. The summed E-state index contributed by atoms with van der Waals surface area (Å²) in [6.45, 7) is 10.2. The van der Waals surface area contributed by atoms with Crippen molar-refractivity contribution in [2.75, 3.05) is 13.1 Å². The molecule has 0 aliphatic carbocycles. The van der Waals surface area contributed by atoms with Crippen LogP contribution in [0.3, 0.4) is 0 Å². The molecule has 1 aromatic heterocycles. The predicted molar refractivity (Wildman–Crippen MR) is 120 cm³/mol. The van der Waals surface area contributed by atoms with Crippen LogP contribution >= 0.6 is 15.9 Å². The van der Waals surface area contributed by atoms with E-state index >= 15 is 0 Å². The van der Waals surface area contributed by atoms with Gasteiger partial charge in [0.2, 0.25) is 0 Å². The number of nitrogens with zero attached hydrogens (tertiary/aromatic N) is 2. The molecular formula is C22H30BrN3O5. The number of para-hydroxylation sites is 1. The van der Waals surface area contributed by atoms with E-state index in [1.165, 1.54) is 0 Å². The van der Waals surface area contributed by atoms with Gasteiger partial charge in [-0.2, -0.15) is 0 Å². The summed E-state index contributed by atoms with van der Waals surface area (Å²) in [7, 11) is 0. The number of carbonyl (C=O) groups is 2. The molecule has 0 radical (unpaired) electrons. The van der Waals surface area contributed by atoms with Crippen molar-refractivity contribution in [1.29, 1.82) is 0 Å². The molecular weight excluding hydrogens is 466 g/mol. The Bertz CT molecular complexity index is 942. The number of oxazole rings is 1. The van der Waals surface area contributed by atoms with Gasteiger partial charge in [-0.05, 0) is 75.5 Å². The van der Waals surface area contributed by atoms with E-state index < -0.39 is 17.3 Å². The summed E-state index contributed by atoms with van der Waals surface area (Å²) in [5.74, 6) is 0.505. The first-order valence-corrected chi connectivity index (χ1v) is 11.2. The minimum absolute atomic E-state index is 0.0535. The highest BCUT2D eigenvalue weighted by Crippen LogP contribution is 2.27. The van der Waals surface area contributed by atoms with Crippen LogP contribution in [0.15, 0.2) is 27.1 Å². The molecule has 1 N–H and O–H groups in total. The van der Waals surface area contributed by atoms with E-state index in [0.29, 0.717) is 43.8 Å². The second-order valence-electron chi connectivity index (χ2n) is 9.41. The highest BCUT2D eigenvalue weighted by atomic mass is 79.9. The molecule has 1 fully saturated rings. The van der Waals surface area contributed by atoms with Gasteiger partial charge in [0.15, 0.2) is 11.5 Å². The molecule has 0 unspecified atom stereocenters. The Balaban J connectivity index is 1.48. The molecule has 2 amide bonds. The number of aromatic nitrogens is 1. The normalized spacial score (nSPS) is 15.7. The molecule has 0 spiro atoms. The van der Waals surface area contributed by atoms with E-state index in [2.05, 4.69) is 26.2 Å². The molecule has 3 rings (SSSR count). The summed E-state index contributed by atoms with van der Waals surface area (Å²) in [6.07, 6.45) is 0.832. The minimum Gasteiger partial charge on any atom is -0.444 e. The largest absolute Gasteiger partial charge is 0.444 e. The monoisotopic (exact) mass is 495 g/mol. The van der Waals surface area contributed by atoms with Crippen LogP contribution < -0.4 is 5.32 Å². The van der Waals surface area contributed by atoms with E-state index in [9.17, 15) is 9.59 Å². The van der Waals surface area contributed by atoms with Gasteiger partial charge in [0.05, 0.1) is 10.9 Å². The van der Waals surface area contributed by atoms with Gasteiger partial charge in [0.1, 0.15) is 16.7 Å². The average molecular weight is 496 g/mol. The molecule has 2 heterocycles. The Morgan fingerprint density at radius 1 is 1.19 bits per heavy atom. The predicted octanol–water partition coefficient (Wildman–Crippen LogP) is 5.04. The molecule has 2 aromatic rings. The molecule has 0 saturated carbocycles. The quantitative estimate of drug-likeness (QED) is 0.638. The third-order valence-electron chi connectivity index (χ3n) is 4.83. The van der Waals surface area contributed by atoms with Crippen LogP contribution in [-0.2, 0) is 15.9 Å². The van der Waals surface area contributed by atoms with Crippen LogP contribution in [-0.4, -0.2) is 52.4 Å². The summed E-state index contributed by atoms with van der Waals surface area (Å²) in [4.78, 5) is 30.8. The number of rotatable bonds is 4. The van der Waals surface area contributed by atoms with E-state index in [1.807, 2.05) is 52.8 Å². The number of likely N-dealkylation sites (tertiary alicyclic amines) is 1. The van der Waals surface area contributed by atoms with Crippen molar-refractivity contribution in [3.63, 3.8) is 0 Å². The standard InChI is InChI=1S/C22H30BrN3O5/c1-21(2,3)31-20(28)26-11-9-14(10-12-26)24-19(27)30-22(4,5)13-17-25-16-8-6-7-15(23)18(16)29-17/h6-8,14H,9-13H2,1-5H3,(H,24,27). The lowest BCUT2D eigenvalue weighted by molar-refractivity contribution is 0.0177. The number of ether oxygens (including phenoxy) is 2. The molecule has 170 valence electrons. The molecule has 8 nitrogen and oxygen atoms in total. The first-order chi connectivity index (χ1) is 14.4. The van der Waals surface area contributed by atoms with Gasteiger partial charge >= 0.3 is 12.2 Å². The van der Waals surface area contributed by atoms with E-state index in [4.69, 9.17) is 13.9 Å². The second-order valence-corrected chi connectivity index (χ2v) is 10.3. The van der Waals surface area contributed by atoms with Crippen molar-refractivity contribution in [1.82, 2.24) is 15.2 Å². The lowest BCUT2D eigenvalue weighted by Gasteiger charge is -2.34. The zero-order chi connectivity index (χ0) is 22.8. The molecule has 1 aliphatic rings. The number of carbonyl (C=O) groups excluding carboxylic acids is 2. The highest BCUT2D eigenvalue weighted by molar-refractivity contribution is 9.10. The first-order valence-electron chi connectivity index (χ1n) is 10.4.